The molecule has 4 N–H and O–H groups in total. The summed E-state index contributed by atoms with van der Waals surface area (Å²) in [5, 5.41) is 7.10. The van der Waals surface area contributed by atoms with Crippen LogP contribution in [0.3, 0.4) is 0 Å². The molecule has 4 aromatic carbocycles. The van der Waals surface area contributed by atoms with Crippen LogP contribution >= 0.6 is 0 Å². The number of ether oxygens (including phenoxy) is 2. The smallest absolute Gasteiger partial charge is 0.407 e. The zero-order valence-corrected chi connectivity index (χ0v) is 33.5. The highest BCUT2D eigenvalue weighted by atomic mass is 16.5. The first-order valence-electron chi connectivity index (χ1n) is 19.6. The molecule has 6 aromatic rings. The van der Waals surface area contributed by atoms with Crippen molar-refractivity contribution in [2.75, 3.05) is 27.3 Å². The van der Waals surface area contributed by atoms with E-state index in [-0.39, 0.29) is 37.5 Å². The lowest BCUT2D eigenvalue weighted by atomic mass is 9.98. The summed E-state index contributed by atoms with van der Waals surface area (Å²) in [4.78, 5) is 94.8. The third-order valence-corrected chi connectivity index (χ3v) is 11.1. The maximum absolute atomic E-state index is 13.9. The third kappa shape index (κ3) is 8.32. The van der Waals surface area contributed by atoms with Crippen molar-refractivity contribution in [2.24, 2.45) is 0 Å². The Morgan fingerprint density at radius 1 is 0.639 bits per heavy atom. The van der Waals surface area contributed by atoms with Gasteiger partial charge in [0.25, 0.3) is 5.91 Å². The van der Waals surface area contributed by atoms with E-state index in [1.165, 1.54) is 24.0 Å². The molecule has 2 aliphatic rings. The third-order valence-electron chi connectivity index (χ3n) is 11.1. The van der Waals surface area contributed by atoms with E-state index in [1.807, 2.05) is 60.7 Å². The van der Waals surface area contributed by atoms with E-state index < -0.39 is 48.2 Å². The summed E-state index contributed by atoms with van der Waals surface area (Å²) in [5.74, 6) is -0.115. The molecule has 0 unspecified atom stereocenters. The highest BCUT2D eigenvalue weighted by Gasteiger charge is 2.41. The molecule has 2 saturated heterocycles. The highest BCUT2D eigenvalue weighted by Crippen LogP contribution is 2.35. The molecule has 0 radical (unpaired) electrons. The number of ketones is 2. The van der Waals surface area contributed by atoms with Crippen molar-refractivity contribution < 1.29 is 38.2 Å². The average molecular weight is 823 g/mol. The fraction of sp³-hybridized carbons (Fsp3) is 0.244. The molecule has 16 nitrogen and oxygen atoms in total. The summed E-state index contributed by atoms with van der Waals surface area (Å²) in [5.41, 5.74) is 5.77. The molecule has 0 aliphatic carbocycles. The second-order valence-corrected chi connectivity index (χ2v) is 15.0. The molecule has 16 heteroatoms. The van der Waals surface area contributed by atoms with Gasteiger partial charge in [0.15, 0.2) is 11.6 Å². The fourth-order valence-corrected chi connectivity index (χ4v) is 7.90. The van der Waals surface area contributed by atoms with E-state index in [2.05, 4.69) is 41.4 Å². The molecular formula is C45H42N8O8. The summed E-state index contributed by atoms with van der Waals surface area (Å²) in [6.45, 7) is 1.36. The number of hydrogen-bond acceptors (Lipinski definition) is 10. The van der Waals surface area contributed by atoms with Crippen molar-refractivity contribution in [1.29, 1.82) is 0 Å². The van der Waals surface area contributed by atoms with Gasteiger partial charge in [0.05, 0.1) is 63.2 Å². The quantitative estimate of drug-likeness (QED) is 0.130. The zero-order valence-electron chi connectivity index (χ0n) is 33.5. The lowest BCUT2D eigenvalue weighted by Gasteiger charge is -2.27. The Labute approximate surface area is 349 Å². The van der Waals surface area contributed by atoms with Crippen LogP contribution in [0.2, 0.25) is 0 Å². The van der Waals surface area contributed by atoms with Gasteiger partial charge in [-0.2, -0.15) is 0 Å². The molecule has 2 fully saturated rings. The van der Waals surface area contributed by atoms with Gasteiger partial charge < -0.3 is 39.9 Å². The SMILES string of the molecule is COC(=O)N[C@@H](C)C(=O)N1CC(=O)C[C@H]1c1ncc(-c2ccc3cc(-c4ccc(-c5cnc([C@@H]6CC(=O)CN6C(=O)[C@H](NC(=O)OC)c6ccccc6)[nH]5)cc4)ccc3c2)[nH]1. The number of Topliss-reactive ketones (excluding diaryl/α,β-unsaturated/α-hetero) is 2. The highest BCUT2D eigenvalue weighted by molar-refractivity contribution is 5.95. The minimum Gasteiger partial charge on any atom is -0.453 e. The Kier molecular flexibility index (Phi) is 11.1. The van der Waals surface area contributed by atoms with Crippen LogP contribution in [-0.4, -0.2) is 98.7 Å². The first kappa shape index (κ1) is 40.2. The Hall–Kier alpha value is -7.62. The lowest BCUT2D eigenvalue weighted by molar-refractivity contribution is -0.135. The zero-order chi connectivity index (χ0) is 42.8. The summed E-state index contributed by atoms with van der Waals surface area (Å²) < 4.78 is 9.39. The van der Waals surface area contributed by atoms with Crippen LogP contribution in [0.25, 0.3) is 44.4 Å². The van der Waals surface area contributed by atoms with E-state index >= 15 is 0 Å². The largest absolute Gasteiger partial charge is 0.453 e. The molecule has 4 atom stereocenters. The van der Waals surface area contributed by atoms with Crippen LogP contribution in [0.1, 0.15) is 55.1 Å². The van der Waals surface area contributed by atoms with E-state index in [0.717, 1.165) is 44.4 Å². The molecule has 2 aromatic heterocycles. The van der Waals surface area contributed by atoms with Crippen LogP contribution in [0.5, 0.6) is 0 Å². The Bertz CT molecular complexity index is 2660. The van der Waals surface area contributed by atoms with E-state index in [0.29, 0.717) is 17.2 Å². The Morgan fingerprint density at radius 2 is 1.13 bits per heavy atom. The molecular weight excluding hydrogens is 781 g/mol. The van der Waals surface area contributed by atoms with Gasteiger partial charge in [-0.1, -0.05) is 78.9 Å². The predicted octanol–water partition coefficient (Wildman–Crippen LogP) is 5.81. The number of hydrogen-bond donors (Lipinski definition) is 4. The number of nitrogens with zero attached hydrogens (tertiary/aromatic N) is 4. The Balaban J connectivity index is 0.956. The van der Waals surface area contributed by atoms with Crippen molar-refractivity contribution >= 4 is 46.3 Å². The van der Waals surface area contributed by atoms with Crippen LogP contribution < -0.4 is 10.6 Å². The van der Waals surface area contributed by atoms with Gasteiger partial charge in [0.1, 0.15) is 23.7 Å². The van der Waals surface area contributed by atoms with Crippen molar-refractivity contribution in [2.45, 2.75) is 43.9 Å². The molecule has 0 saturated carbocycles. The average Bonchev–Trinajstić information content (AvgIpc) is 4.12. The summed E-state index contributed by atoms with van der Waals surface area (Å²) in [7, 11) is 2.44. The number of aromatic nitrogens is 4. The van der Waals surface area contributed by atoms with Gasteiger partial charge >= 0.3 is 12.2 Å². The van der Waals surface area contributed by atoms with Crippen molar-refractivity contribution in [1.82, 2.24) is 40.4 Å². The van der Waals surface area contributed by atoms with Crippen molar-refractivity contribution in [3.8, 4) is 33.6 Å². The predicted molar refractivity (Wildman–Crippen MR) is 222 cm³/mol. The lowest BCUT2D eigenvalue weighted by Crippen LogP contribution is -2.47. The van der Waals surface area contributed by atoms with Crippen LogP contribution in [0.4, 0.5) is 9.59 Å². The van der Waals surface area contributed by atoms with Gasteiger partial charge in [-0.25, -0.2) is 19.6 Å². The molecule has 4 heterocycles. The number of alkyl carbamates (subject to hydrolysis) is 2. The number of methoxy groups -OCH3 is 2. The molecule has 0 bridgehead atoms. The Morgan fingerprint density at radius 3 is 1.72 bits per heavy atom. The minimum atomic E-state index is -1.05. The number of rotatable bonds is 10. The van der Waals surface area contributed by atoms with Gasteiger partial charge in [-0.05, 0) is 52.1 Å². The van der Waals surface area contributed by atoms with E-state index in [9.17, 15) is 28.8 Å². The number of aromatic amines is 2. The second-order valence-electron chi connectivity index (χ2n) is 15.0. The van der Waals surface area contributed by atoms with Gasteiger partial charge in [0.2, 0.25) is 5.91 Å². The number of carbonyl (C=O) groups excluding carboxylic acids is 6. The molecule has 4 amide bonds. The standard InChI is InChI=1S/C45H42N8O8/c1-25(48-44(58)60-2)42(56)52-23-33(54)19-37(52)40-47-22-36(50-40)32-16-15-30-17-29(13-14-31(30)18-32)26-9-11-27(12-10-26)35-21-46-41(49-35)38-20-34(55)24-53(38)43(57)39(51-45(59)61-3)28-7-5-4-6-8-28/h4-18,21-22,25,37-39H,19-20,23-24H2,1-3H3,(H,46,49)(H,47,50)(H,48,58)(H,51,59)/t25-,37-,38-,39+/m0/s1. The van der Waals surface area contributed by atoms with Crippen molar-refractivity contribution in [3.63, 3.8) is 0 Å². The van der Waals surface area contributed by atoms with Crippen molar-refractivity contribution in [3.05, 3.63) is 121 Å². The topological polar surface area (TPSA) is 209 Å². The number of nitrogens with one attached hydrogen (secondary N) is 4. The maximum atomic E-state index is 13.9. The number of H-pyrrole nitrogens is 2. The van der Waals surface area contributed by atoms with E-state index in [1.54, 1.807) is 43.6 Å². The van der Waals surface area contributed by atoms with E-state index in [4.69, 9.17) is 4.74 Å². The fourth-order valence-electron chi connectivity index (χ4n) is 7.90. The number of benzene rings is 4. The first-order chi connectivity index (χ1) is 29.5. The van der Waals surface area contributed by atoms with Gasteiger partial charge in [0, 0.05) is 18.4 Å². The number of fused-ring (bicyclic) bond motifs is 1. The maximum Gasteiger partial charge on any atom is 0.407 e. The second kappa shape index (κ2) is 16.9. The number of likely N-dealkylation sites (tertiary alicyclic amines) is 2. The summed E-state index contributed by atoms with van der Waals surface area (Å²) >= 11 is 0. The normalized spacial score (nSPS) is 17.3. The number of carbonyl (C=O) groups is 6. The van der Waals surface area contributed by atoms with Crippen LogP contribution in [-0.2, 0) is 28.7 Å². The van der Waals surface area contributed by atoms with Gasteiger partial charge in [-0.3, -0.25) is 19.2 Å². The van der Waals surface area contributed by atoms with Crippen LogP contribution in [0, 0.1) is 0 Å². The number of imidazole rings is 2. The van der Waals surface area contributed by atoms with Crippen LogP contribution in [0.15, 0.2) is 103 Å². The molecule has 0 spiro atoms. The summed E-state index contributed by atoms with van der Waals surface area (Å²) in [6.07, 6.45) is 2.08. The monoisotopic (exact) mass is 822 g/mol. The van der Waals surface area contributed by atoms with Gasteiger partial charge in [-0.15, -0.1) is 0 Å². The first-order valence-corrected chi connectivity index (χ1v) is 19.6. The number of amides is 4. The summed E-state index contributed by atoms with van der Waals surface area (Å²) in [6, 6.07) is 25.9. The molecule has 61 heavy (non-hydrogen) atoms. The minimum absolute atomic E-state index is 0.0696. The molecule has 2 aliphatic heterocycles. The molecule has 8 rings (SSSR count). The molecule has 310 valence electrons.